The second kappa shape index (κ2) is 3.08. The Hall–Kier alpha value is -0.0400. The van der Waals surface area contributed by atoms with E-state index in [0.29, 0.717) is 0 Å². The van der Waals surface area contributed by atoms with Gasteiger partial charge in [-0.3, -0.25) is 0 Å². The molecule has 0 heterocycles. The molecule has 0 amide bonds. The zero-order valence-electron chi connectivity index (χ0n) is 5.94. The van der Waals surface area contributed by atoms with Gasteiger partial charge in [-0.2, -0.15) is 0 Å². The van der Waals surface area contributed by atoms with Crippen LogP contribution in [0.25, 0.3) is 0 Å². The molecule has 49 valence electrons. The summed E-state index contributed by atoms with van der Waals surface area (Å²) in [5, 5.41) is 8.40. The summed E-state index contributed by atoms with van der Waals surface area (Å²) in [6.45, 7) is 6.66. The van der Waals surface area contributed by atoms with E-state index in [1.165, 1.54) is 0 Å². The van der Waals surface area contributed by atoms with Crippen molar-refractivity contribution in [3.8, 4) is 0 Å². The molecule has 1 heteroatoms. The van der Waals surface area contributed by atoms with Gasteiger partial charge < -0.3 is 5.11 Å². The van der Waals surface area contributed by atoms with Crippen molar-refractivity contribution >= 4 is 0 Å². The maximum atomic E-state index is 8.40. The Morgan fingerprint density at radius 3 is 2.00 bits per heavy atom. The lowest BCUT2D eigenvalue weighted by molar-refractivity contribution is 0.285. The van der Waals surface area contributed by atoms with Gasteiger partial charge in [-0.05, 0) is 18.3 Å². The predicted octanol–water partition coefficient (Wildman–Crippen LogP) is 1.62. The van der Waals surface area contributed by atoms with Crippen molar-refractivity contribution in [1.82, 2.24) is 0 Å². The van der Waals surface area contributed by atoms with Gasteiger partial charge in [0.1, 0.15) is 0 Å². The highest BCUT2D eigenvalue weighted by atomic mass is 16.2. The van der Waals surface area contributed by atoms with Crippen LogP contribution in [0.2, 0.25) is 0 Å². The highest BCUT2D eigenvalue weighted by Crippen LogP contribution is 2.18. The third kappa shape index (κ3) is 5.96. The van der Waals surface area contributed by atoms with Crippen LogP contribution < -0.4 is 0 Å². The number of hydrogen-bond acceptors (Lipinski definition) is 1. The van der Waals surface area contributed by atoms with Crippen LogP contribution in [0.4, 0.5) is 0 Å². The molecule has 0 saturated heterocycles. The number of rotatable bonds is 2. The Bertz CT molecular complexity index is 51.9. The van der Waals surface area contributed by atoms with Gasteiger partial charge >= 0.3 is 0 Å². The standard InChI is InChI=1S/C7H15O/c1-7(2,3)5-4-6-8/h5,8H,4,6H2,1-3H3. The van der Waals surface area contributed by atoms with Gasteiger partial charge in [-0.15, -0.1) is 0 Å². The molecule has 0 aliphatic rings. The van der Waals surface area contributed by atoms with E-state index in [0.717, 1.165) is 6.42 Å². The van der Waals surface area contributed by atoms with Crippen molar-refractivity contribution in [2.75, 3.05) is 6.61 Å². The smallest absolute Gasteiger partial charge is 0.0433 e. The van der Waals surface area contributed by atoms with Crippen LogP contribution in [0.15, 0.2) is 0 Å². The van der Waals surface area contributed by atoms with E-state index in [-0.39, 0.29) is 12.0 Å². The molecule has 0 aromatic rings. The molecule has 0 rings (SSSR count). The van der Waals surface area contributed by atoms with E-state index >= 15 is 0 Å². The summed E-state index contributed by atoms with van der Waals surface area (Å²) in [5.41, 5.74) is 0.267. The molecule has 0 aliphatic heterocycles. The fourth-order valence-corrected chi connectivity index (χ4v) is 0.498. The molecule has 0 atom stereocenters. The molecule has 0 aliphatic carbocycles. The van der Waals surface area contributed by atoms with E-state index in [1.54, 1.807) is 0 Å². The number of aliphatic hydroxyl groups excluding tert-OH is 1. The predicted molar refractivity (Wildman–Crippen MR) is 35.5 cm³/mol. The Morgan fingerprint density at radius 2 is 1.88 bits per heavy atom. The lowest BCUT2D eigenvalue weighted by Crippen LogP contribution is -2.06. The summed E-state index contributed by atoms with van der Waals surface area (Å²) in [7, 11) is 0. The van der Waals surface area contributed by atoms with Gasteiger partial charge in [0.25, 0.3) is 0 Å². The second-order valence-corrected chi connectivity index (χ2v) is 3.08. The first-order valence-corrected chi connectivity index (χ1v) is 3.01. The van der Waals surface area contributed by atoms with Crippen molar-refractivity contribution in [3.05, 3.63) is 6.42 Å². The van der Waals surface area contributed by atoms with Crippen molar-refractivity contribution in [2.45, 2.75) is 27.2 Å². The third-order valence-corrected chi connectivity index (χ3v) is 0.886. The van der Waals surface area contributed by atoms with E-state index in [9.17, 15) is 0 Å². The third-order valence-electron chi connectivity index (χ3n) is 0.886. The Balaban J connectivity index is 3.11. The van der Waals surface area contributed by atoms with Crippen molar-refractivity contribution in [3.63, 3.8) is 0 Å². The lowest BCUT2D eigenvalue weighted by atomic mass is 9.91. The summed E-state index contributed by atoms with van der Waals surface area (Å²) in [4.78, 5) is 0. The number of hydrogen-bond donors (Lipinski definition) is 1. The topological polar surface area (TPSA) is 20.2 Å². The normalized spacial score (nSPS) is 12.0. The minimum atomic E-state index is 0.267. The van der Waals surface area contributed by atoms with Crippen LogP contribution in [0.1, 0.15) is 27.2 Å². The minimum Gasteiger partial charge on any atom is -0.396 e. The van der Waals surface area contributed by atoms with E-state index in [4.69, 9.17) is 5.11 Å². The van der Waals surface area contributed by atoms with Crippen molar-refractivity contribution in [1.29, 1.82) is 0 Å². The minimum absolute atomic E-state index is 0.267. The summed E-state index contributed by atoms with van der Waals surface area (Å²) in [5.74, 6) is 0. The highest BCUT2D eigenvalue weighted by molar-refractivity contribution is 4.79. The molecule has 0 bridgehead atoms. The average molecular weight is 115 g/mol. The molecule has 1 radical (unpaired) electrons. The van der Waals surface area contributed by atoms with Gasteiger partial charge in [0.15, 0.2) is 0 Å². The largest absolute Gasteiger partial charge is 0.396 e. The Kier molecular flexibility index (Phi) is 3.06. The van der Waals surface area contributed by atoms with Crippen LogP contribution in [-0.2, 0) is 0 Å². The molecular formula is C7H15O. The molecule has 8 heavy (non-hydrogen) atoms. The van der Waals surface area contributed by atoms with E-state index in [1.807, 2.05) is 0 Å². The zero-order valence-corrected chi connectivity index (χ0v) is 5.94. The van der Waals surface area contributed by atoms with Crippen molar-refractivity contribution < 1.29 is 5.11 Å². The second-order valence-electron chi connectivity index (χ2n) is 3.08. The molecule has 1 nitrogen and oxygen atoms in total. The quantitative estimate of drug-likeness (QED) is 0.579. The van der Waals surface area contributed by atoms with Crippen LogP contribution >= 0.6 is 0 Å². The first-order valence-electron chi connectivity index (χ1n) is 3.01. The maximum Gasteiger partial charge on any atom is 0.0433 e. The first-order chi connectivity index (χ1) is 3.56. The SMILES string of the molecule is CC(C)(C)[CH]CCO. The van der Waals surface area contributed by atoms with Crippen LogP contribution in [0.5, 0.6) is 0 Å². The molecule has 0 aromatic carbocycles. The fraction of sp³-hybridized carbons (Fsp3) is 0.857. The zero-order chi connectivity index (χ0) is 6.62. The maximum absolute atomic E-state index is 8.40. The van der Waals surface area contributed by atoms with Gasteiger partial charge in [-0.25, -0.2) is 0 Å². The summed E-state index contributed by atoms with van der Waals surface area (Å²) in [6.07, 6.45) is 2.93. The van der Waals surface area contributed by atoms with Gasteiger partial charge in [0, 0.05) is 6.61 Å². The molecule has 1 N–H and O–H groups in total. The van der Waals surface area contributed by atoms with Gasteiger partial charge in [0.05, 0.1) is 0 Å². The fourth-order valence-electron chi connectivity index (χ4n) is 0.498. The summed E-state index contributed by atoms with van der Waals surface area (Å²) < 4.78 is 0. The number of aliphatic hydroxyl groups is 1. The molecule has 0 aromatic heterocycles. The molecule has 0 fully saturated rings. The first kappa shape index (κ1) is 7.96. The average Bonchev–Trinajstić information content (AvgIpc) is 1.59. The van der Waals surface area contributed by atoms with Crippen LogP contribution in [0, 0.1) is 11.8 Å². The highest BCUT2D eigenvalue weighted by Gasteiger charge is 2.08. The monoisotopic (exact) mass is 115 g/mol. The van der Waals surface area contributed by atoms with Gasteiger partial charge in [-0.1, -0.05) is 20.8 Å². The van der Waals surface area contributed by atoms with Crippen molar-refractivity contribution in [2.24, 2.45) is 5.41 Å². The van der Waals surface area contributed by atoms with E-state index < -0.39 is 0 Å². The lowest BCUT2D eigenvalue weighted by Gasteiger charge is -2.15. The molecule has 0 unspecified atom stereocenters. The van der Waals surface area contributed by atoms with E-state index in [2.05, 4.69) is 27.2 Å². The molecule has 0 spiro atoms. The summed E-state index contributed by atoms with van der Waals surface area (Å²) in [6, 6.07) is 0. The van der Waals surface area contributed by atoms with Gasteiger partial charge in [0.2, 0.25) is 0 Å². The Morgan fingerprint density at radius 1 is 1.38 bits per heavy atom. The molecule has 0 saturated carbocycles. The molecular weight excluding hydrogens is 100 g/mol. The van der Waals surface area contributed by atoms with Crippen LogP contribution in [0.3, 0.4) is 0 Å². The summed E-state index contributed by atoms with van der Waals surface area (Å²) >= 11 is 0. The van der Waals surface area contributed by atoms with Crippen LogP contribution in [-0.4, -0.2) is 11.7 Å². The Labute approximate surface area is 51.7 Å².